The van der Waals surface area contributed by atoms with Crippen molar-refractivity contribution >= 4 is 12.1 Å². The van der Waals surface area contributed by atoms with Gasteiger partial charge in [0.1, 0.15) is 67.1 Å². The lowest BCUT2D eigenvalue weighted by Crippen LogP contribution is -2.65. The molecule has 0 saturated carbocycles. The molecule has 11 atom stereocenters. The number of ether oxygens (including phenoxy) is 7. The molecular weight excluding hydrogens is 502 g/mol. The number of hydrogen-bond acceptors (Lipinski definition) is 14. The first-order valence-electron chi connectivity index (χ1n) is 11.7. The van der Waals surface area contributed by atoms with Crippen LogP contribution in [-0.4, -0.2) is 138 Å². The van der Waals surface area contributed by atoms with Gasteiger partial charge in [-0.15, -0.1) is 0 Å². The van der Waals surface area contributed by atoms with Gasteiger partial charge in [0.15, 0.2) is 12.6 Å². The van der Waals surface area contributed by atoms with Crippen LogP contribution in [0.3, 0.4) is 0 Å². The fourth-order valence-electron chi connectivity index (χ4n) is 3.85. The van der Waals surface area contributed by atoms with Crippen LogP contribution in [0.25, 0.3) is 0 Å². The lowest BCUT2D eigenvalue weighted by Gasteiger charge is -2.46. The van der Waals surface area contributed by atoms with E-state index in [9.17, 15) is 35.1 Å². The highest BCUT2D eigenvalue weighted by Crippen LogP contribution is 2.30. The number of hydrogen-bond donors (Lipinski definition) is 6. The molecule has 0 radical (unpaired) electrons. The summed E-state index contributed by atoms with van der Waals surface area (Å²) in [5.74, 6) is -0.865. The van der Waals surface area contributed by atoms with Crippen LogP contribution in [0.4, 0.5) is 4.79 Å². The van der Waals surface area contributed by atoms with E-state index in [0.29, 0.717) is 0 Å². The summed E-state index contributed by atoms with van der Waals surface area (Å²) < 4.78 is 37.2. The number of methoxy groups -OCH3 is 2. The number of aliphatic hydroxyl groups is 5. The van der Waals surface area contributed by atoms with Crippen LogP contribution >= 0.6 is 0 Å². The monoisotopic (exact) mass is 541 g/mol. The molecule has 2 aliphatic heterocycles. The molecule has 216 valence electrons. The van der Waals surface area contributed by atoms with Crippen LogP contribution in [0.5, 0.6) is 0 Å². The van der Waals surface area contributed by atoms with Crippen molar-refractivity contribution in [3.63, 3.8) is 0 Å². The van der Waals surface area contributed by atoms with Gasteiger partial charge in [0.2, 0.25) is 0 Å². The Morgan fingerprint density at radius 2 is 1.46 bits per heavy atom. The van der Waals surface area contributed by atoms with Gasteiger partial charge in [-0.05, 0) is 27.7 Å². The van der Waals surface area contributed by atoms with Crippen LogP contribution in [-0.2, 0) is 38.0 Å². The molecular formula is C22H39NO14. The standard InChI is InChI=1S/C22H39NO14/c1-9(23-21(30)37-22(2,3)4)18(29)33-8-11-17(13(26)14(27)19(32-6)35-11)36-20-15(28)12(25)16(31-5)10(7-24)34-20/h9-17,19-20,24-28H,7-8H2,1-6H3,(H,23,30). The van der Waals surface area contributed by atoms with E-state index in [1.165, 1.54) is 21.1 Å². The zero-order valence-corrected chi connectivity index (χ0v) is 21.7. The Balaban J connectivity index is 2.11. The third-order valence-electron chi connectivity index (χ3n) is 5.73. The smallest absolute Gasteiger partial charge is 0.408 e. The Morgan fingerprint density at radius 1 is 0.892 bits per heavy atom. The highest BCUT2D eigenvalue weighted by molar-refractivity contribution is 5.81. The maximum Gasteiger partial charge on any atom is 0.408 e. The molecule has 0 aromatic carbocycles. The summed E-state index contributed by atoms with van der Waals surface area (Å²) in [5.41, 5.74) is -0.780. The summed E-state index contributed by atoms with van der Waals surface area (Å²) in [7, 11) is 2.48. The Bertz CT molecular complexity index is 745. The molecule has 6 N–H and O–H groups in total. The summed E-state index contributed by atoms with van der Waals surface area (Å²) >= 11 is 0. The van der Waals surface area contributed by atoms with Crippen molar-refractivity contribution in [3.05, 3.63) is 0 Å². The third-order valence-corrected chi connectivity index (χ3v) is 5.73. The van der Waals surface area contributed by atoms with E-state index in [2.05, 4.69) is 5.32 Å². The van der Waals surface area contributed by atoms with Gasteiger partial charge < -0.3 is 64.0 Å². The van der Waals surface area contributed by atoms with Crippen LogP contribution in [0, 0.1) is 0 Å². The van der Waals surface area contributed by atoms with Crippen molar-refractivity contribution in [3.8, 4) is 0 Å². The Morgan fingerprint density at radius 3 is 2.00 bits per heavy atom. The molecule has 0 aromatic heterocycles. The lowest BCUT2D eigenvalue weighted by atomic mass is 9.97. The van der Waals surface area contributed by atoms with Gasteiger partial charge in [0.05, 0.1) is 6.61 Å². The van der Waals surface area contributed by atoms with E-state index in [1.54, 1.807) is 20.8 Å². The first-order valence-corrected chi connectivity index (χ1v) is 11.7. The summed E-state index contributed by atoms with van der Waals surface area (Å²) in [5, 5.41) is 53.8. The molecule has 37 heavy (non-hydrogen) atoms. The SMILES string of the molecule is COC1OC(COC(=O)C(C)NC(=O)OC(C)(C)C)C(OC2OC(CO)C(OC)C(O)C2O)C(O)C1O. The molecule has 2 saturated heterocycles. The largest absolute Gasteiger partial charge is 0.461 e. The summed E-state index contributed by atoms with van der Waals surface area (Å²) in [6.45, 7) is 5.24. The molecule has 11 unspecified atom stereocenters. The quantitative estimate of drug-likeness (QED) is 0.165. The van der Waals surface area contributed by atoms with Gasteiger partial charge in [-0.25, -0.2) is 9.59 Å². The summed E-state index contributed by atoms with van der Waals surface area (Å²) in [6, 6.07) is -1.11. The molecule has 0 bridgehead atoms. The number of alkyl carbamates (subject to hydrolysis) is 1. The molecule has 1 amide bonds. The van der Waals surface area contributed by atoms with E-state index >= 15 is 0 Å². The van der Waals surface area contributed by atoms with Crippen LogP contribution in [0.1, 0.15) is 27.7 Å². The van der Waals surface area contributed by atoms with Gasteiger partial charge in [0.25, 0.3) is 0 Å². The van der Waals surface area contributed by atoms with Crippen molar-refractivity contribution in [1.29, 1.82) is 0 Å². The van der Waals surface area contributed by atoms with Crippen molar-refractivity contribution in [1.82, 2.24) is 5.32 Å². The Labute approximate surface area is 214 Å². The first kappa shape index (κ1) is 31.6. The second kappa shape index (κ2) is 13.4. The van der Waals surface area contributed by atoms with E-state index < -0.39 is 98.3 Å². The Hall–Kier alpha value is -1.66. The van der Waals surface area contributed by atoms with E-state index in [4.69, 9.17) is 33.2 Å². The number of carbonyl (C=O) groups excluding carboxylic acids is 2. The molecule has 0 spiro atoms. The van der Waals surface area contributed by atoms with Gasteiger partial charge in [-0.1, -0.05) is 0 Å². The summed E-state index contributed by atoms with van der Waals surface area (Å²) in [4.78, 5) is 24.4. The van der Waals surface area contributed by atoms with Crippen LogP contribution < -0.4 is 5.32 Å². The number of amides is 1. The Kier molecular flexibility index (Phi) is 11.4. The maximum atomic E-state index is 12.5. The third kappa shape index (κ3) is 8.16. The van der Waals surface area contributed by atoms with Crippen molar-refractivity contribution < 1.29 is 68.3 Å². The number of aliphatic hydroxyl groups excluding tert-OH is 5. The highest BCUT2D eigenvalue weighted by Gasteiger charge is 2.51. The topological polar surface area (TPSA) is 212 Å². The van der Waals surface area contributed by atoms with E-state index in [1.807, 2.05) is 0 Å². The fraction of sp³-hybridized carbons (Fsp3) is 0.909. The molecule has 2 fully saturated rings. The zero-order valence-electron chi connectivity index (χ0n) is 21.7. The van der Waals surface area contributed by atoms with Crippen molar-refractivity contribution in [2.45, 2.75) is 101 Å². The van der Waals surface area contributed by atoms with Crippen molar-refractivity contribution in [2.24, 2.45) is 0 Å². The lowest BCUT2D eigenvalue weighted by molar-refractivity contribution is -0.358. The maximum absolute atomic E-state index is 12.5. The number of rotatable bonds is 9. The second-order valence-electron chi connectivity index (χ2n) is 9.77. The average molecular weight is 542 g/mol. The zero-order chi connectivity index (χ0) is 28.1. The minimum Gasteiger partial charge on any atom is -0.461 e. The van der Waals surface area contributed by atoms with Crippen LogP contribution in [0.2, 0.25) is 0 Å². The van der Waals surface area contributed by atoms with Gasteiger partial charge in [-0.2, -0.15) is 0 Å². The summed E-state index contributed by atoms with van der Waals surface area (Å²) in [6.07, 6.45) is -15.0. The number of carbonyl (C=O) groups is 2. The predicted octanol–water partition coefficient (Wildman–Crippen LogP) is -2.62. The highest BCUT2D eigenvalue weighted by atomic mass is 16.7. The minimum absolute atomic E-state index is 0.525. The number of nitrogens with one attached hydrogen (secondary N) is 1. The number of esters is 1. The second-order valence-corrected chi connectivity index (χ2v) is 9.77. The first-order chi connectivity index (χ1) is 17.2. The molecule has 15 nitrogen and oxygen atoms in total. The normalized spacial score (nSPS) is 37.5. The van der Waals surface area contributed by atoms with Gasteiger partial charge in [-0.3, -0.25) is 0 Å². The molecule has 0 aliphatic carbocycles. The molecule has 2 heterocycles. The molecule has 2 rings (SSSR count). The van der Waals surface area contributed by atoms with Crippen molar-refractivity contribution in [2.75, 3.05) is 27.4 Å². The molecule has 2 aliphatic rings. The minimum atomic E-state index is -1.67. The van der Waals surface area contributed by atoms with E-state index in [-0.39, 0.29) is 0 Å². The van der Waals surface area contributed by atoms with Gasteiger partial charge >= 0.3 is 12.1 Å². The van der Waals surface area contributed by atoms with Crippen LogP contribution in [0.15, 0.2) is 0 Å². The van der Waals surface area contributed by atoms with Gasteiger partial charge in [0, 0.05) is 14.2 Å². The average Bonchev–Trinajstić information content (AvgIpc) is 2.82. The molecule has 15 heteroatoms. The molecule has 0 aromatic rings. The fourth-order valence-corrected chi connectivity index (χ4v) is 3.85. The van der Waals surface area contributed by atoms with E-state index in [0.717, 1.165) is 0 Å². The predicted molar refractivity (Wildman–Crippen MR) is 121 cm³/mol.